The van der Waals surface area contributed by atoms with E-state index in [1.165, 1.54) is 0 Å². The normalized spacial score (nSPS) is 13.3. The second-order valence-electron chi connectivity index (χ2n) is 8.96. The fourth-order valence-electron chi connectivity index (χ4n) is 4.62. The quantitative estimate of drug-likeness (QED) is 0.267. The average Bonchev–Trinajstić information content (AvgIpc) is 3.45. The zero-order valence-electron chi connectivity index (χ0n) is 20.3. The Hall–Kier alpha value is -3.80. The van der Waals surface area contributed by atoms with E-state index in [0.29, 0.717) is 0 Å². The molecule has 5 aromatic rings. The molecule has 0 spiro atoms. The molecule has 1 atom stereocenters. The Balaban J connectivity index is 1.74. The van der Waals surface area contributed by atoms with E-state index in [2.05, 4.69) is 72.5 Å². The molecule has 0 radical (unpaired) electrons. The molecule has 0 fully saturated rings. The number of nitrogens with zero attached hydrogens (tertiary/aromatic N) is 3. The standard InChI is InChI=1S/C30H29N3O2/c1-33(2)17-15-30(34-3,29-12-8-18-35-29)24-13-14-27-26(19-24)25(22-9-5-4-6-10-22)20-28(32-27)23-11-7-16-31-21-23/h4-14,16,18-21H,15,17H2,1-3H3. The summed E-state index contributed by atoms with van der Waals surface area (Å²) in [6.45, 7) is 0.844. The first-order valence-electron chi connectivity index (χ1n) is 11.8. The van der Waals surface area contributed by atoms with Gasteiger partial charge in [0.25, 0.3) is 0 Å². The van der Waals surface area contributed by atoms with Crippen molar-refractivity contribution < 1.29 is 9.15 Å². The summed E-state index contributed by atoms with van der Waals surface area (Å²) in [6, 6.07) is 26.9. The van der Waals surface area contributed by atoms with E-state index in [1.54, 1.807) is 19.6 Å². The van der Waals surface area contributed by atoms with Crippen LogP contribution in [0.4, 0.5) is 0 Å². The molecule has 5 rings (SSSR count). The molecule has 176 valence electrons. The van der Waals surface area contributed by atoms with Gasteiger partial charge < -0.3 is 14.1 Å². The molecule has 0 amide bonds. The maximum Gasteiger partial charge on any atom is 0.151 e. The summed E-state index contributed by atoms with van der Waals surface area (Å²) < 4.78 is 12.2. The lowest BCUT2D eigenvalue weighted by Gasteiger charge is -2.32. The molecule has 0 aliphatic rings. The first kappa shape index (κ1) is 23.0. The molecule has 2 aromatic carbocycles. The van der Waals surface area contributed by atoms with Gasteiger partial charge in [0.05, 0.1) is 17.5 Å². The highest BCUT2D eigenvalue weighted by atomic mass is 16.5. The summed E-state index contributed by atoms with van der Waals surface area (Å²) in [6.07, 6.45) is 6.08. The van der Waals surface area contributed by atoms with Gasteiger partial charge in [0.2, 0.25) is 0 Å². The van der Waals surface area contributed by atoms with Gasteiger partial charge in [-0.15, -0.1) is 0 Å². The third-order valence-electron chi connectivity index (χ3n) is 6.50. The van der Waals surface area contributed by atoms with Crippen molar-refractivity contribution in [3.05, 3.63) is 109 Å². The van der Waals surface area contributed by atoms with Crippen LogP contribution < -0.4 is 0 Å². The number of benzene rings is 2. The minimum Gasteiger partial charge on any atom is -0.466 e. The zero-order valence-corrected chi connectivity index (χ0v) is 20.3. The van der Waals surface area contributed by atoms with Crippen LogP contribution in [-0.4, -0.2) is 42.6 Å². The van der Waals surface area contributed by atoms with E-state index < -0.39 is 5.60 Å². The summed E-state index contributed by atoms with van der Waals surface area (Å²) in [5, 5.41) is 1.07. The molecule has 1 unspecified atom stereocenters. The molecule has 3 aromatic heterocycles. The topological polar surface area (TPSA) is 51.4 Å². The van der Waals surface area contributed by atoms with Crippen LogP contribution in [0.2, 0.25) is 0 Å². The van der Waals surface area contributed by atoms with Crippen molar-refractivity contribution >= 4 is 10.9 Å². The summed E-state index contributed by atoms with van der Waals surface area (Å²) in [4.78, 5) is 11.5. The second-order valence-corrected chi connectivity index (χ2v) is 8.96. The number of hydrogen-bond donors (Lipinski definition) is 0. The first-order valence-corrected chi connectivity index (χ1v) is 11.8. The summed E-state index contributed by atoms with van der Waals surface area (Å²) in [5.74, 6) is 0.794. The van der Waals surface area contributed by atoms with Gasteiger partial charge in [-0.25, -0.2) is 4.98 Å². The Labute approximate surface area is 206 Å². The van der Waals surface area contributed by atoms with E-state index in [9.17, 15) is 0 Å². The van der Waals surface area contributed by atoms with Crippen molar-refractivity contribution in [3.63, 3.8) is 0 Å². The highest BCUT2D eigenvalue weighted by Gasteiger charge is 2.37. The van der Waals surface area contributed by atoms with Gasteiger partial charge in [0.15, 0.2) is 5.60 Å². The van der Waals surface area contributed by atoms with E-state index >= 15 is 0 Å². The van der Waals surface area contributed by atoms with Crippen LogP contribution in [0, 0.1) is 0 Å². The van der Waals surface area contributed by atoms with E-state index in [1.807, 2.05) is 36.5 Å². The van der Waals surface area contributed by atoms with Crippen molar-refractivity contribution in [1.29, 1.82) is 0 Å². The van der Waals surface area contributed by atoms with Gasteiger partial charge in [0.1, 0.15) is 5.76 Å². The van der Waals surface area contributed by atoms with Gasteiger partial charge in [-0.1, -0.05) is 36.4 Å². The predicted octanol–water partition coefficient (Wildman–Crippen LogP) is 6.40. The number of rotatable bonds is 8. The molecule has 35 heavy (non-hydrogen) atoms. The fourth-order valence-corrected chi connectivity index (χ4v) is 4.62. The van der Waals surface area contributed by atoms with Crippen molar-refractivity contribution in [2.75, 3.05) is 27.7 Å². The predicted molar refractivity (Wildman–Crippen MR) is 140 cm³/mol. The molecule has 0 saturated carbocycles. The van der Waals surface area contributed by atoms with Gasteiger partial charge in [-0.05, 0) is 73.3 Å². The molecule has 0 saturated heterocycles. The molecule has 0 N–H and O–H groups in total. The number of fused-ring (bicyclic) bond motifs is 1. The lowest BCUT2D eigenvalue weighted by atomic mass is 9.85. The number of aromatic nitrogens is 2. The number of furan rings is 1. The smallest absolute Gasteiger partial charge is 0.151 e. The molecule has 0 aliphatic carbocycles. The maximum atomic E-state index is 6.26. The van der Waals surface area contributed by atoms with E-state index in [-0.39, 0.29) is 0 Å². The Kier molecular flexibility index (Phi) is 6.45. The molecular formula is C30H29N3O2. The maximum absolute atomic E-state index is 6.26. The second kappa shape index (κ2) is 9.82. The largest absolute Gasteiger partial charge is 0.466 e. The lowest BCUT2D eigenvalue weighted by Crippen LogP contribution is -2.33. The van der Waals surface area contributed by atoms with Crippen molar-refractivity contribution in [3.8, 4) is 22.4 Å². The van der Waals surface area contributed by atoms with Crippen molar-refractivity contribution in [2.45, 2.75) is 12.0 Å². The number of pyridine rings is 2. The van der Waals surface area contributed by atoms with Gasteiger partial charge in [-0.2, -0.15) is 0 Å². The molecule has 0 aliphatic heterocycles. The van der Waals surface area contributed by atoms with E-state index in [0.717, 1.165) is 57.6 Å². The molecular weight excluding hydrogens is 434 g/mol. The molecule has 0 bridgehead atoms. The summed E-state index contributed by atoms with van der Waals surface area (Å²) >= 11 is 0. The summed E-state index contributed by atoms with van der Waals surface area (Å²) in [5.41, 5.74) is 5.39. The highest BCUT2D eigenvalue weighted by molar-refractivity contribution is 5.97. The zero-order chi connectivity index (χ0) is 24.3. The minimum atomic E-state index is -0.710. The SMILES string of the molecule is COC(CCN(C)C)(c1ccc2nc(-c3cccnc3)cc(-c3ccccc3)c2c1)c1ccco1. The summed E-state index contributed by atoms with van der Waals surface area (Å²) in [7, 11) is 5.89. The van der Waals surface area contributed by atoms with Gasteiger partial charge in [0, 0.05) is 43.4 Å². The lowest BCUT2D eigenvalue weighted by molar-refractivity contribution is -0.00773. The van der Waals surface area contributed by atoms with Crippen molar-refractivity contribution in [2.24, 2.45) is 0 Å². The fraction of sp³-hybridized carbons (Fsp3) is 0.200. The molecule has 3 heterocycles. The van der Waals surface area contributed by atoms with Crippen LogP contribution in [-0.2, 0) is 10.3 Å². The Morgan fingerprint density at radius 1 is 0.914 bits per heavy atom. The van der Waals surface area contributed by atoms with Crippen LogP contribution in [0.1, 0.15) is 17.7 Å². The highest BCUT2D eigenvalue weighted by Crippen LogP contribution is 2.40. The monoisotopic (exact) mass is 463 g/mol. The van der Waals surface area contributed by atoms with Crippen LogP contribution in [0.5, 0.6) is 0 Å². The van der Waals surface area contributed by atoms with Crippen LogP contribution >= 0.6 is 0 Å². The number of hydrogen-bond acceptors (Lipinski definition) is 5. The van der Waals surface area contributed by atoms with Crippen LogP contribution in [0.15, 0.2) is 102 Å². The first-order chi connectivity index (χ1) is 17.1. The molecule has 5 heteroatoms. The third-order valence-corrected chi connectivity index (χ3v) is 6.50. The average molecular weight is 464 g/mol. The van der Waals surface area contributed by atoms with Gasteiger partial charge >= 0.3 is 0 Å². The Morgan fingerprint density at radius 3 is 2.43 bits per heavy atom. The van der Waals surface area contributed by atoms with Crippen molar-refractivity contribution in [1.82, 2.24) is 14.9 Å². The van der Waals surface area contributed by atoms with Gasteiger partial charge in [-0.3, -0.25) is 4.98 Å². The minimum absolute atomic E-state index is 0.710. The Bertz CT molecular complexity index is 1400. The number of ether oxygens (including phenoxy) is 1. The van der Waals surface area contributed by atoms with E-state index in [4.69, 9.17) is 14.1 Å². The van der Waals surface area contributed by atoms with Crippen LogP contribution in [0.3, 0.4) is 0 Å². The third kappa shape index (κ3) is 4.48. The van der Waals surface area contributed by atoms with Crippen LogP contribution in [0.25, 0.3) is 33.3 Å². The number of methoxy groups -OCH3 is 1. The molecule has 5 nitrogen and oxygen atoms in total. The Morgan fingerprint density at radius 2 is 1.74 bits per heavy atom.